The van der Waals surface area contributed by atoms with Crippen LogP contribution in [0.2, 0.25) is 0 Å². The normalized spacial score (nSPS) is 18.4. The van der Waals surface area contributed by atoms with E-state index in [1.165, 1.54) is 18.2 Å². The van der Waals surface area contributed by atoms with Crippen LogP contribution in [0.1, 0.15) is 68.1 Å². The smallest absolute Gasteiger partial charge is 0.428 e. The van der Waals surface area contributed by atoms with Crippen LogP contribution in [0, 0.1) is 23.4 Å². The lowest BCUT2D eigenvalue weighted by Gasteiger charge is -2.29. The first-order valence-corrected chi connectivity index (χ1v) is 12.4. The van der Waals surface area contributed by atoms with Gasteiger partial charge in [0.1, 0.15) is 28.8 Å². The number of benzene rings is 3. The summed E-state index contributed by atoms with van der Waals surface area (Å²) in [5.41, 5.74) is -3.23. The summed E-state index contributed by atoms with van der Waals surface area (Å²) in [4.78, 5) is 0. The van der Waals surface area contributed by atoms with E-state index in [0.717, 1.165) is 62.8 Å². The molecule has 38 heavy (non-hydrogen) atoms. The first-order chi connectivity index (χ1) is 17.9. The molecular formula is C29H26F8O. The molecule has 1 aliphatic rings. The van der Waals surface area contributed by atoms with Crippen LogP contribution < -0.4 is 4.74 Å². The molecular weight excluding hydrogens is 516 g/mol. The minimum atomic E-state index is -5.28. The summed E-state index contributed by atoms with van der Waals surface area (Å²) in [5, 5.41) is 0. The van der Waals surface area contributed by atoms with Gasteiger partial charge in [-0.15, -0.1) is 0 Å². The van der Waals surface area contributed by atoms with Crippen molar-refractivity contribution in [3.63, 3.8) is 0 Å². The van der Waals surface area contributed by atoms with Crippen molar-refractivity contribution in [2.45, 2.75) is 63.7 Å². The Morgan fingerprint density at radius 1 is 0.789 bits per heavy atom. The fourth-order valence-corrected chi connectivity index (χ4v) is 5.20. The molecule has 0 radical (unpaired) electrons. The third-order valence-electron chi connectivity index (χ3n) is 7.08. The van der Waals surface area contributed by atoms with Crippen LogP contribution >= 0.6 is 0 Å². The molecule has 0 aliphatic heterocycles. The second-order valence-electron chi connectivity index (χ2n) is 9.67. The van der Waals surface area contributed by atoms with Crippen LogP contribution in [0.25, 0.3) is 11.1 Å². The predicted octanol–water partition coefficient (Wildman–Crippen LogP) is 9.99. The second-order valence-corrected chi connectivity index (χ2v) is 9.67. The van der Waals surface area contributed by atoms with E-state index in [-0.39, 0.29) is 11.5 Å². The molecule has 0 unspecified atom stereocenters. The highest BCUT2D eigenvalue weighted by Crippen LogP contribution is 2.42. The number of halogens is 8. The first kappa shape index (κ1) is 27.9. The van der Waals surface area contributed by atoms with Gasteiger partial charge in [-0.3, -0.25) is 0 Å². The molecule has 0 heterocycles. The van der Waals surface area contributed by atoms with Crippen LogP contribution in [-0.4, -0.2) is 0 Å². The fraction of sp³-hybridized carbons (Fsp3) is 0.379. The van der Waals surface area contributed by atoms with Crippen molar-refractivity contribution in [2.75, 3.05) is 0 Å². The molecule has 0 spiro atoms. The maximum atomic E-state index is 15.1. The maximum absolute atomic E-state index is 15.1. The van der Waals surface area contributed by atoms with Crippen molar-refractivity contribution >= 4 is 0 Å². The molecule has 204 valence electrons. The Bertz CT molecular complexity index is 1250. The average molecular weight is 543 g/mol. The third-order valence-corrected chi connectivity index (χ3v) is 7.08. The second kappa shape index (κ2) is 10.9. The summed E-state index contributed by atoms with van der Waals surface area (Å²) in [6.07, 6.45) is -3.52. The molecule has 0 saturated heterocycles. The number of para-hydroxylation sites is 1. The van der Waals surface area contributed by atoms with Crippen LogP contribution in [0.4, 0.5) is 35.1 Å². The molecule has 0 atom stereocenters. The topological polar surface area (TPSA) is 9.23 Å². The van der Waals surface area contributed by atoms with E-state index in [4.69, 9.17) is 4.74 Å². The minimum absolute atomic E-state index is 0.0754. The number of rotatable bonds is 7. The van der Waals surface area contributed by atoms with Gasteiger partial charge in [0.15, 0.2) is 0 Å². The SMILES string of the molecule is CCC[C@H]1CC[C@H](c2ccc(C(F)(F)Oc3ccccc3-c3cc(F)c(C(F)(F)F)c(F)c3)c(F)c2)CC1. The van der Waals surface area contributed by atoms with Gasteiger partial charge < -0.3 is 4.74 Å². The largest absolute Gasteiger partial charge is 0.429 e. The molecule has 3 aromatic rings. The number of alkyl halides is 5. The molecule has 1 aliphatic carbocycles. The van der Waals surface area contributed by atoms with E-state index in [0.29, 0.717) is 23.6 Å². The van der Waals surface area contributed by atoms with Crippen LogP contribution in [0.15, 0.2) is 54.6 Å². The highest BCUT2D eigenvalue weighted by atomic mass is 19.4. The van der Waals surface area contributed by atoms with Gasteiger partial charge in [0.05, 0.1) is 5.56 Å². The zero-order valence-corrected chi connectivity index (χ0v) is 20.5. The van der Waals surface area contributed by atoms with Gasteiger partial charge in [0.2, 0.25) is 0 Å². The lowest BCUT2D eigenvalue weighted by Crippen LogP contribution is -2.24. The Labute approximate surface area is 215 Å². The Kier molecular flexibility index (Phi) is 8.04. The van der Waals surface area contributed by atoms with E-state index >= 15 is 8.78 Å². The van der Waals surface area contributed by atoms with Gasteiger partial charge in [0, 0.05) is 5.56 Å². The summed E-state index contributed by atoms with van der Waals surface area (Å²) in [6, 6.07) is 9.10. The van der Waals surface area contributed by atoms with Crippen molar-refractivity contribution in [1.82, 2.24) is 0 Å². The summed E-state index contributed by atoms with van der Waals surface area (Å²) >= 11 is 0. The molecule has 0 aromatic heterocycles. The van der Waals surface area contributed by atoms with Crippen molar-refractivity contribution in [2.24, 2.45) is 5.92 Å². The molecule has 4 rings (SSSR count). The number of hydrogen-bond donors (Lipinski definition) is 0. The first-order valence-electron chi connectivity index (χ1n) is 12.4. The van der Waals surface area contributed by atoms with Gasteiger partial charge in [-0.05, 0) is 79.0 Å². The monoisotopic (exact) mass is 542 g/mol. The summed E-state index contributed by atoms with van der Waals surface area (Å²) in [7, 11) is 0. The Morgan fingerprint density at radius 2 is 1.42 bits per heavy atom. The molecule has 0 N–H and O–H groups in total. The quantitative estimate of drug-likeness (QED) is 0.270. The Hall–Kier alpha value is -3.10. The average Bonchev–Trinajstić information content (AvgIpc) is 2.83. The molecule has 0 bridgehead atoms. The fourth-order valence-electron chi connectivity index (χ4n) is 5.20. The van der Waals surface area contributed by atoms with E-state index in [1.54, 1.807) is 0 Å². The Morgan fingerprint density at radius 3 is 2.00 bits per heavy atom. The highest BCUT2D eigenvalue weighted by molar-refractivity contribution is 5.71. The van der Waals surface area contributed by atoms with Crippen molar-refractivity contribution < 1.29 is 39.9 Å². The lowest BCUT2D eigenvalue weighted by atomic mass is 9.77. The Balaban J connectivity index is 1.59. The molecule has 1 saturated carbocycles. The van der Waals surface area contributed by atoms with E-state index in [1.807, 2.05) is 0 Å². The van der Waals surface area contributed by atoms with Crippen LogP contribution in [0.3, 0.4) is 0 Å². The molecule has 1 nitrogen and oxygen atoms in total. The van der Waals surface area contributed by atoms with E-state index in [9.17, 15) is 26.3 Å². The van der Waals surface area contributed by atoms with Gasteiger partial charge in [-0.2, -0.15) is 22.0 Å². The van der Waals surface area contributed by atoms with Crippen LogP contribution in [-0.2, 0) is 12.3 Å². The minimum Gasteiger partial charge on any atom is -0.428 e. The highest BCUT2D eigenvalue weighted by Gasteiger charge is 2.40. The zero-order chi connectivity index (χ0) is 27.7. The standard InChI is InChI=1S/C29H26F8O/c1-2-5-17-8-10-18(11-9-17)19-12-13-22(23(30)14-19)29(36,37)38-26-7-4-3-6-21(26)20-15-24(31)27(25(32)16-20)28(33,34)35/h3-4,6-7,12-18H,2,5,8-11H2,1H3/t17-,18-. The van der Waals surface area contributed by atoms with Crippen molar-refractivity contribution in [3.05, 3.63) is 88.7 Å². The third kappa shape index (κ3) is 5.97. The number of hydrogen-bond acceptors (Lipinski definition) is 1. The molecule has 0 amide bonds. The van der Waals surface area contributed by atoms with Crippen molar-refractivity contribution in [1.29, 1.82) is 0 Å². The molecule has 3 aromatic carbocycles. The summed E-state index contributed by atoms with van der Waals surface area (Å²) < 4.78 is 117. The van der Waals surface area contributed by atoms with Gasteiger partial charge in [-0.1, -0.05) is 44.0 Å². The zero-order valence-electron chi connectivity index (χ0n) is 20.5. The van der Waals surface area contributed by atoms with E-state index < -0.39 is 52.2 Å². The predicted molar refractivity (Wildman–Crippen MR) is 127 cm³/mol. The summed E-state index contributed by atoms with van der Waals surface area (Å²) in [5.74, 6) is -4.85. The molecule has 9 heteroatoms. The summed E-state index contributed by atoms with van der Waals surface area (Å²) in [6.45, 7) is 2.13. The maximum Gasteiger partial charge on any atom is 0.429 e. The molecule has 1 fully saturated rings. The van der Waals surface area contributed by atoms with Crippen molar-refractivity contribution in [3.8, 4) is 16.9 Å². The van der Waals surface area contributed by atoms with Gasteiger partial charge >= 0.3 is 12.3 Å². The van der Waals surface area contributed by atoms with Crippen LogP contribution in [0.5, 0.6) is 5.75 Å². The van der Waals surface area contributed by atoms with E-state index in [2.05, 4.69) is 6.92 Å². The van der Waals surface area contributed by atoms with Gasteiger partial charge in [0.25, 0.3) is 0 Å². The number of ether oxygens (including phenoxy) is 1. The lowest BCUT2D eigenvalue weighted by molar-refractivity contribution is -0.187. The van der Waals surface area contributed by atoms with Gasteiger partial charge in [-0.25, -0.2) is 13.2 Å².